The summed E-state index contributed by atoms with van der Waals surface area (Å²) in [6.07, 6.45) is 1.34. The van der Waals surface area contributed by atoms with Crippen LogP contribution in [0, 0.1) is 0 Å². The molecule has 1 aromatic heterocycles. The quantitative estimate of drug-likeness (QED) is 0.867. The van der Waals surface area contributed by atoms with Crippen LogP contribution in [0.5, 0.6) is 0 Å². The summed E-state index contributed by atoms with van der Waals surface area (Å²) in [5.41, 5.74) is 1.53. The number of aromatic amines is 1. The Balaban J connectivity index is 0.000000437. The fraction of sp³-hybridized carbons (Fsp3) is 0.167. The van der Waals surface area contributed by atoms with Gasteiger partial charge in [0.05, 0.1) is 11.3 Å². The summed E-state index contributed by atoms with van der Waals surface area (Å²) >= 11 is 3.31. The molecule has 0 aliphatic rings. The van der Waals surface area contributed by atoms with Crippen molar-refractivity contribution in [2.24, 2.45) is 0 Å². The maximum Gasteiger partial charge on any atom is 0.167 e. The lowest BCUT2D eigenvalue weighted by molar-refractivity contribution is 0.109. The molecule has 0 aliphatic heterocycles. The summed E-state index contributed by atoms with van der Waals surface area (Å²) in [4.78, 5) is 24.3. The van der Waals surface area contributed by atoms with Gasteiger partial charge in [-0.05, 0) is 12.1 Å². The Morgan fingerprint density at radius 1 is 1.24 bits per heavy atom. The van der Waals surface area contributed by atoms with Gasteiger partial charge in [-0.15, -0.1) is 0 Å². The van der Waals surface area contributed by atoms with Crippen molar-refractivity contribution < 1.29 is 14.3 Å². The number of hydrogen-bond acceptors (Lipinski definition) is 3. The first kappa shape index (κ1) is 13.6. The number of benzene rings is 1. The lowest BCUT2D eigenvalue weighted by Gasteiger charge is -1.90. The van der Waals surface area contributed by atoms with Gasteiger partial charge in [0.2, 0.25) is 0 Å². The molecule has 90 valence electrons. The molecule has 4 nitrogen and oxygen atoms in total. The van der Waals surface area contributed by atoms with Gasteiger partial charge in [0.15, 0.2) is 12.6 Å². The monoisotopic (exact) mass is 297 g/mol. The summed E-state index contributed by atoms with van der Waals surface area (Å²) in [5.74, 6) is 0. The van der Waals surface area contributed by atoms with Gasteiger partial charge in [-0.3, -0.25) is 9.59 Å². The molecule has 1 aromatic carbocycles. The smallest absolute Gasteiger partial charge is 0.167 e. The fourth-order valence-corrected chi connectivity index (χ4v) is 1.79. The molecule has 0 fully saturated rings. The Hall–Kier alpha value is -1.46. The molecular formula is C12H12BrNO3. The number of rotatable bonds is 2. The van der Waals surface area contributed by atoms with E-state index < -0.39 is 0 Å². The van der Waals surface area contributed by atoms with E-state index in [1.54, 1.807) is 20.3 Å². The largest absolute Gasteiger partial charge is 0.388 e. The minimum Gasteiger partial charge on any atom is -0.388 e. The van der Waals surface area contributed by atoms with Crippen LogP contribution >= 0.6 is 15.9 Å². The van der Waals surface area contributed by atoms with Crippen LogP contribution in [0.2, 0.25) is 0 Å². The number of halogens is 1. The highest BCUT2D eigenvalue weighted by atomic mass is 79.9. The molecule has 2 rings (SSSR count). The van der Waals surface area contributed by atoms with Crippen LogP contribution in [0.3, 0.4) is 0 Å². The molecule has 5 heteroatoms. The number of carbonyl (C=O) groups is 2. The molecule has 17 heavy (non-hydrogen) atoms. The second-order valence-corrected chi connectivity index (χ2v) is 4.20. The molecule has 0 spiro atoms. The van der Waals surface area contributed by atoms with Crippen LogP contribution in [0.4, 0.5) is 0 Å². The second-order valence-electron chi connectivity index (χ2n) is 3.29. The van der Waals surface area contributed by atoms with Crippen LogP contribution < -0.4 is 0 Å². The predicted octanol–water partition coefficient (Wildman–Crippen LogP) is 2.82. The van der Waals surface area contributed by atoms with Crippen LogP contribution in [0.25, 0.3) is 10.9 Å². The van der Waals surface area contributed by atoms with Gasteiger partial charge < -0.3 is 9.72 Å². The van der Waals surface area contributed by atoms with E-state index in [1.807, 2.05) is 12.1 Å². The van der Waals surface area contributed by atoms with Gasteiger partial charge in [-0.2, -0.15) is 0 Å². The third-order valence-corrected chi connectivity index (χ3v) is 2.56. The fourth-order valence-electron chi connectivity index (χ4n) is 1.43. The highest BCUT2D eigenvalue weighted by Crippen LogP contribution is 2.23. The summed E-state index contributed by atoms with van der Waals surface area (Å²) in [6, 6.07) is 5.46. The molecule has 2 aromatic rings. The number of aldehydes is 2. The standard InChI is InChI=1S/C10H6BrNO2.C2H6O/c11-6-1-2-7-8(4-13)10(5-14)12-9(7)3-6;1-3-2/h1-5,12H;1-2H3. The van der Waals surface area contributed by atoms with Crippen molar-refractivity contribution in [2.45, 2.75) is 0 Å². The number of nitrogens with one attached hydrogen (secondary N) is 1. The lowest BCUT2D eigenvalue weighted by Crippen LogP contribution is -1.85. The van der Waals surface area contributed by atoms with E-state index in [1.165, 1.54) is 0 Å². The van der Waals surface area contributed by atoms with E-state index in [-0.39, 0.29) is 0 Å². The van der Waals surface area contributed by atoms with Crippen molar-refractivity contribution in [3.8, 4) is 0 Å². The predicted molar refractivity (Wildman–Crippen MR) is 69.7 cm³/mol. The molecule has 1 N–H and O–H groups in total. The number of aromatic nitrogens is 1. The maximum absolute atomic E-state index is 10.8. The Kier molecular flexibility index (Phi) is 5.06. The first-order valence-electron chi connectivity index (χ1n) is 4.79. The van der Waals surface area contributed by atoms with Crippen molar-refractivity contribution in [1.82, 2.24) is 4.98 Å². The molecule has 0 unspecified atom stereocenters. The van der Waals surface area contributed by atoms with E-state index in [9.17, 15) is 9.59 Å². The van der Waals surface area contributed by atoms with Crippen molar-refractivity contribution >= 4 is 39.4 Å². The zero-order valence-corrected chi connectivity index (χ0v) is 11.1. The zero-order valence-electron chi connectivity index (χ0n) is 9.49. The summed E-state index contributed by atoms with van der Waals surface area (Å²) in [5, 5.41) is 0.769. The average Bonchev–Trinajstić information content (AvgIpc) is 2.66. The number of ether oxygens (including phenoxy) is 1. The van der Waals surface area contributed by atoms with Crippen molar-refractivity contribution in [1.29, 1.82) is 0 Å². The second kappa shape index (κ2) is 6.32. The van der Waals surface area contributed by atoms with Gasteiger partial charge in [0, 0.05) is 29.6 Å². The van der Waals surface area contributed by atoms with Crippen LogP contribution in [-0.4, -0.2) is 31.8 Å². The van der Waals surface area contributed by atoms with E-state index in [0.717, 1.165) is 15.4 Å². The topological polar surface area (TPSA) is 59.2 Å². The van der Waals surface area contributed by atoms with Gasteiger partial charge in [0.1, 0.15) is 0 Å². The van der Waals surface area contributed by atoms with Crippen molar-refractivity contribution in [2.75, 3.05) is 14.2 Å². The Morgan fingerprint density at radius 2 is 1.88 bits per heavy atom. The molecule has 0 saturated heterocycles. The summed E-state index contributed by atoms with van der Waals surface area (Å²) < 4.78 is 5.15. The third-order valence-electron chi connectivity index (χ3n) is 2.07. The molecule has 0 bridgehead atoms. The first-order valence-corrected chi connectivity index (χ1v) is 5.59. The van der Waals surface area contributed by atoms with Crippen LogP contribution in [-0.2, 0) is 4.74 Å². The molecule has 0 radical (unpaired) electrons. The van der Waals surface area contributed by atoms with Gasteiger partial charge in [0.25, 0.3) is 0 Å². The minimum atomic E-state index is 0.327. The van der Waals surface area contributed by atoms with Crippen LogP contribution in [0.1, 0.15) is 20.8 Å². The highest BCUT2D eigenvalue weighted by molar-refractivity contribution is 9.10. The third kappa shape index (κ3) is 3.01. The van der Waals surface area contributed by atoms with Gasteiger partial charge >= 0.3 is 0 Å². The molecule has 0 saturated carbocycles. The Bertz CT molecular complexity index is 534. The molecule has 0 atom stereocenters. The van der Waals surface area contributed by atoms with Gasteiger partial charge in [-0.25, -0.2) is 0 Å². The van der Waals surface area contributed by atoms with Crippen molar-refractivity contribution in [3.63, 3.8) is 0 Å². The molecule has 0 aliphatic carbocycles. The zero-order chi connectivity index (χ0) is 12.8. The highest BCUT2D eigenvalue weighted by Gasteiger charge is 2.09. The van der Waals surface area contributed by atoms with E-state index >= 15 is 0 Å². The summed E-state index contributed by atoms with van der Waals surface area (Å²) in [7, 11) is 3.25. The number of fused-ring (bicyclic) bond motifs is 1. The van der Waals surface area contributed by atoms with E-state index in [4.69, 9.17) is 0 Å². The Morgan fingerprint density at radius 3 is 2.41 bits per heavy atom. The number of H-pyrrole nitrogens is 1. The van der Waals surface area contributed by atoms with Crippen molar-refractivity contribution in [3.05, 3.63) is 33.9 Å². The van der Waals surface area contributed by atoms with Gasteiger partial charge in [-0.1, -0.05) is 22.0 Å². The summed E-state index contributed by atoms with van der Waals surface area (Å²) in [6.45, 7) is 0. The number of hydrogen-bond donors (Lipinski definition) is 1. The normalized spacial score (nSPS) is 9.59. The molecule has 1 heterocycles. The number of methoxy groups -OCH3 is 1. The SMILES string of the molecule is COC.O=Cc1[nH]c2cc(Br)ccc2c1C=O. The van der Waals surface area contributed by atoms with E-state index in [2.05, 4.69) is 25.7 Å². The lowest BCUT2D eigenvalue weighted by atomic mass is 10.1. The average molecular weight is 298 g/mol. The van der Waals surface area contributed by atoms with Crippen LogP contribution in [0.15, 0.2) is 22.7 Å². The molecular weight excluding hydrogens is 286 g/mol. The Labute approximate surface area is 107 Å². The molecule has 0 amide bonds. The maximum atomic E-state index is 10.8. The first-order chi connectivity index (χ1) is 8.17. The number of carbonyl (C=O) groups excluding carboxylic acids is 2. The van der Waals surface area contributed by atoms with E-state index in [0.29, 0.717) is 23.8 Å². The minimum absolute atomic E-state index is 0.327.